The predicted octanol–water partition coefficient (Wildman–Crippen LogP) is 9.16. The van der Waals surface area contributed by atoms with Crippen LogP contribution in [0.5, 0.6) is 0 Å². The van der Waals surface area contributed by atoms with E-state index in [1.165, 1.54) is 83.5 Å². The fourth-order valence-electron chi connectivity index (χ4n) is 6.28. The van der Waals surface area contributed by atoms with Gasteiger partial charge in [0.25, 0.3) is 0 Å². The van der Waals surface area contributed by atoms with Gasteiger partial charge in [-0.15, -0.1) is 0 Å². The van der Waals surface area contributed by atoms with Crippen molar-refractivity contribution in [3.05, 3.63) is 0 Å². The van der Waals surface area contributed by atoms with Gasteiger partial charge in [0.05, 0.1) is 18.9 Å². The number of aliphatic hydroxyl groups is 1. The number of primary amides is 1. The monoisotopic (exact) mass is 697 g/mol. The van der Waals surface area contributed by atoms with Gasteiger partial charge in [-0.05, 0) is 43.9 Å². The lowest BCUT2D eigenvalue weighted by Gasteiger charge is -2.22. The van der Waals surface area contributed by atoms with Crippen LogP contribution in [-0.4, -0.2) is 52.2 Å². The molecule has 288 valence electrons. The van der Waals surface area contributed by atoms with E-state index >= 15 is 0 Å². The van der Waals surface area contributed by atoms with E-state index in [0.29, 0.717) is 12.8 Å². The fourth-order valence-corrected chi connectivity index (χ4v) is 6.28. The maximum atomic E-state index is 13.2. The molecular weight excluding hydrogens is 620 g/mol. The highest BCUT2D eigenvalue weighted by Crippen LogP contribution is 2.18. The summed E-state index contributed by atoms with van der Waals surface area (Å²) in [5.74, 6) is -1.18. The topological polar surface area (TPSA) is 156 Å². The third-order valence-electron chi connectivity index (χ3n) is 9.26. The maximum absolute atomic E-state index is 13.2. The summed E-state index contributed by atoms with van der Waals surface area (Å²) in [7, 11) is 0. The van der Waals surface area contributed by atoms with Crippen molar-refractivity contribution in [1.29, 1.82) is 0 Å². The first-order valence-corrected chi connectivity index (χ1v) is 20.1. The molecule has 0 aromatic carbocycles. The van der Waals surface area contributed by atoms with Gasteiger partial charge in [0, 0.05) is 6.42 Å². The van der Waals surface area contributed by atoms with Gasteiger partial charge >= 0.3 is 11.9 Å². The molecule has 0 rings (SSSR count). The second-order valence-electron chi connectivity index (χ2n) is 15.3. The SMILES string of the molecule is CC(C)CCCCCCCCCCCC(O)CC(=O)NC(CCCC(=O)O)C(=O)OC(CCCCCCCCCCCC(C)C)CC(N)=O. The minimum absolute atomic E-state index is 0.0887. The third kappa shape index (κ3) is 32.8. The minimum Gasteiger partial charge on any atom is -0.481 e. The molecule has 2 amide bonds. The van der Waals surface area contributed by atoms with Crippen LogP contribution in [0.2, 0.25) is 0 Å². The van der Waals surface area contributed by atoms with Crippen LogP contribution >= 0.6 is 0 Å². The molecule has 0 saturated carbocycles. The number of carboxylic acids is 1. The Labute approximate surface area is 299 Å². The molecule has 0 bridgehead atoms. The van der Waals surface area contributed by atoms with Gasteiger partial charge in [-0.1, -0.05) is 150 Å². The normalized spacial score (nSPS) is 13.4. The number of hydrogen-bond donors (Lipinski definition) is 4. The number of carbonyl (C=O) groups excluding carboxylic acids is 3. The lowest BCUT2D eigenvalue weighted by atomic mass is 10.0. The number of aliphatic carboxylic acids is 1. The zero-order valence-corrected chi connectivity index (χ0v) is 32.0. The van der Waals surface area contributed by atoms with E-state index in [0.717, 1.165) is 56.8 Å². The lowest BCUT2D eigenvalue weighted by Crippen LogP contribution is -2.44. The number of esters is 1. The van der Waals surface area contributed by atoms with Crippen LogP contribution in [-0.2, 0) is 23.9 Å². The Balaban J connectivity index is 4.54. The molecule has 9 heteroatoms. The van der Waals surface area contributed by atoms with Crippen LogP contribution in [0.4, 0.5) is 0 Å². The summed E-state index contributed by atoms with van der Waals surface area (Å²) in [6.45, 7) is 9.07. The number of carbonyl (C=O) groups is 4. The molecule has 0 aliphatic rings. The largest absolute Gasteiger partial charge is 0.481 e. The van der Waals surface area contributed by atoms with Crippen molar-refractivity contribution in [2.75, 3.05) is 0 Å². The highest BCUT2D eigenvalue weighted by molar-refractivity contribution is 5.85. The Morgan fingerprint density at radius 3 is 1.39 bits per heavy atom. The zero-order valence-electron chi connectivity index (χ0n) is 32.0. The Morgan fingerprint density at radius 2 is 0.980 bits per heavy atom. The van der Waals surface area contributed by atoms with E-state index in [4.69, 9.17) is 15.6 Å². The Morgan fingerprint density at radius 1 is 0.571 bits per heavy atom. The van der Waals surface area contributed by atoms with Crippen LogP contribution in [0.25, 0.3) is 0 Å². The van der Waals surface area contributed by atoms with Crippen molar-refractivity contribution in [2.24, 2.45) is 17.6 Å². The lowest BCUT2D eigenvalue weighted by molar-refractivity contribution is -0.155. The molecule has 9 nitrogen and oxygen atoms in total. The summed E-state index contributed by atoms with van der Waals surface area (Å²) in [6, 6.07) is -1.06. The number of carboxylic acid groups (broad SMARTS) is 1. The smallest absolute Gasteiger partial charge is 0.328 e. The molecule has 0 spiro atoms. The van der Waals surface area contributed by atoms with Gasteiger partial charge in [0.2, 0.25) is 11.8 Å². The van der Waals surface area contributed by atoms with Gasteiger partial charge < -0.3 is 26.0 Å². The summed E-state index contributed by atoms with van der Waals surface area (Å²) in [5.41, 5.74) is 5.44. The molecule has 0 aliphatic heterocycles. The van der Waals surface area contributed by atoms with E-state index in [9.17, 15) is 24.3 Å². The first-order valence-electron chi connectivity index (χ1n) is 20.1. The van der Waals surface area contributed by atoms with Crippen molar-refractivity contribution >= 4 is 23.8 Å². The van der Waals surface area contributed by atoms with E-state index in [1.807, 2.05) is 0 Å². The number of nitrogens with two attached hydrogens (primary N) is 1. The average molecular weight is 697 g/mol. The van der Waals surface area contributed by atoms with Crippen LogP contribution in [0.15, 0.2) is 0 Å². The fraction of sp³-hybridized carbons (Fsp3) is 0.900. The van der Waals surface area contributed by atoms with Crippen molar-refractivity contribution in [3.63, 3.8) is 0 Å². The molecular formula is C40H76N2O7. The van der Waals surface area contributed by atoms with Crippen molar-refractivity contribution < 1.29 is 34.1 Å². The van der Waals surface area contributed by atoms with Gasteiger partial charge in [-0.3, -0.25) is 14.4 Å². The standard InChI is InChI=1S/C40H76N2O7/c1-32(2)24-19-15-11-7-5-9-13-17-21-26-34(43)30-38(45)42-36(28-23-29-39(46)47)40(48)49-35(31-37(41)44)27-22-18-14-10-6-8-12-16-20-25-33(3)4/h32-36,43H,5-31H2,1-4H3,(H2,41,44)(H,42,45)(H,46,47). The van der Waals surface area contributed by atoms with Gasteiger partial charge in [0.1, 0.15) is 12.1 Å². The molecule has 3 atom stereocenters. The Hall–Kier alpha value is -2.16. The molecule has 0 radical (unpaired) electrons. The molecule has 0 aliphatic carbocycles. The average Bonchev–Trinajstić information content (AvgIpc) is 3.01. The van der Waals surface area contributed by atoms with E-state index < -0.39 is 42.0 Å². The van der Waals surface area contributed by atoms with Crippen LogP contribution in [0.1, 0.15) is 201 Å². The van der Waals surface area contributed by atoms with Crippen molar-refractivity contribution in [3.8, 4) is 0 Å². The molecule has 0 saturated heterocycles. The quantitative estimate of drug-likeness (QED) is 0.0380. The summed E-state index contributed by atoms with van der Waals surface area (Å²) in [5, 5.41) is 22.2. The molecule has 5 N–H and O–H groups in total. The van der Waals surface area contributed by atoms with Crippen molar-refractivity contribution in [2.45, 2.75) is 219 Å². The van der Waals surface area contributed by atoms with Gasteiger partial charge in [0.15, 0.2) is 0 Å². The summed E-state index contributed by atoms with van der Waals surface area (Å²) >= 11 is 0. The molecule has 0 aromatic rings. The zero-order chi connectivity index (χ0) is 36.7. The number of ether oxygens (including phenoxy) is 1. The van der Waals surface area contributed by atoms with E-state index in [-0.39, 0.29) is 32.1 Å². The Kier molecular flexibility index (Phi) is 30.4. The highest BCUT2D eigenvalue weighted by Gasteiger charge is 2.27. The highest BCUT2D eigenvalue weighted by atomic mass is 16.5. The number of hydrogen-bond acceptors (Lipinski definition) is 6. The first-order chi connectivity index (χ1) is 23.4. The van der Waals surface area contributed by atoms with Crippen molar-refractivity contribution in [1.82, 2.24) is 5.32 Å². The number of unbranched alkanes of at least 4 members (excludes halogenated alkanes) is 16. The number of rotatable bonds is 35. The van der Waals surface area contributed by atoms with Crippen LogP contribution in [0, 0.1) is 11.8 Å². The molecule has 3 unspecified atom stereocenters. The number of aliphatic hydroxyl groups excluding tert-OH is 1. The van der Waals surface area contributed by atoms with Gasteiger partial charge in [-0.25, -0.2) is 4.79 Å². The third-order valence-corrected chi connectivity index (χ3v) is 9.26. The first kappa shape index (κ1) is 46.8. The van der Waals surface area contributed by atoms with E-state index in [2.05, 4.69) is 33.0 Å². The predicted molar refractivity (Wildman–Crippen MR) is 199 cm³/mol. The molecule has 49 heavy (non-hydrogen) atoms. The summed E-state index contributed by atoms with van der Waals surface area (Å²) < 4.78 is 5.67. The van der Waals surface area contributed by atoms with E-state index in [1.54, 1.807) is 0 Å². The molecule has 0 aromatic heterocycles. The summed E-state index contributed by atoms with van der Waals surface area (Å²) in [6.07, 6.45) is 23.0. The molecule has 0 fully saturated rings. The second kappa shape index (κ2) is 31.8. The van der Waals surface area contributed by atoms with Crippen LogP contribution < -0.4 is 11.1 Å². The maximum Gasteiger partial charge on any atom is 0.328 e. The number of nitrogens with one attached hydrogen (secondary N) is 1. The Bertz CT molecular complexity index is 848. The van der Waals surface area contributed by atoms with Crippen LogP contribution in [0.3, 0.4) is 0 Å². The second-order valence-corrected chi connectivity index (χ2v) is 15.3. The van der Waals surface area contributed by atoms with Gasteiger partial charge in [-0.2, -0.15) is 0 Å². The molecule has 0 heterocycles. The number of amides is 2. The summed E-state index contributed by atoms with van der Waals surface area (Å²) in [4.78, 5) is 48.7. The minimum atomic E-state index is -1.06.